The van der Waals surface area contributed by atoms with Crippen LogP contribution in [0.2, 0.25) is 0 Å². The molecule has 0 heterocycles. The summed E-state index contributed by atoms with van der Waals surface area (Å²) in [5.74, 6) is 0.0291. The lowest BCUT2D eigenvalue weighted by Crippen LogP contribution is -2.32. The fourth-order valence-electron chi connectivity index (χ4n) is 3.55. The molecule has 0 spiro atoms. The van der Waals surface area contributed by atoms with E-state index in [1.54, 1.807) is 0 Å². The van der Waals surface area contributed by atoms with Gasteiger partial charge in [-0.15, -0.1) is 0 Å². The zero-order valence-electron chi connectivity index (χ0n) is 17.3. The first-order valence-corrected chi connectivity index (χ1v) is 10.1. The minimum Gasteiger partial charge on any atom is -0.319 e. The molecule has 3 nitrogen and oxygen atoms in total. The highest BCUT2D eigenvalue weighted by molar-refractivity contribution is 6.11. The minimum absolute atomic E-state index is 0.0291. The van der Waals surface area contributed by atoms with Crippen molar-refractivity contribution in [3.63, 3.8) is 0 Å². The Kier molecular flexibility index (Phi) is 6.97. The summed E-state index contributed by atoms with van der Waals surface area (Å²) < 4.78 is 0. The molecule has 0 amide bonds. The number of nitrogens with two attached hydrogens (primary N) is 1. The molecule has 1 unspecified atom stereocenters. The largest absolute Gasteiger partial charge is 0.319 e. The van der Waals surface area contributed by atoms with E-state index in [0.717, 1.165) is 30.5 Å². The highest BCUT2D eigenvalue weighted by Crippen LogP contribution is 2.20. The Labute approximate surface area is 174 Å². The van der Waals surface area contributed by atoms with Crippen molar-refractivity contribution in [3.8, 4) is 0 Å². The molecule has 1 aromatic carbocycles. The molecule has 0 saturated carbocycles. The first-order chi connectivity index (χ1) is 13.9. The van der Waals surface area contributed by atoms with Crippen LogP contribution < -0.4 is 5.73 Å². The lowest BCUT2D eigenvalue weighted by molar-refractivity contribution is -0.112. The third-order valence-electron chi connectivity index (χ3n) is 4.96. The summed E-state index contributed by atoms with van der Waals surface area (Å²) in [7, 11) is 2.05. The molecule has 0 aromatic heterocycles. The summed E-state index contributed by atoms with van der Waals surface area (Å²) in [4.78, 5) is 15.6. The van der Waals surface area contributed by atoms with Crippen LogP contribution in [0, 0.1) is 0 Å². The number of carbonyl (C=O) groups excluding carboxylic acids is 1. The average Bonchev–Trinajstić information content (AvgIpc) is 2.89. The molecule has 1 aromatic rings. The smallest absolute Gasteiger partial charge is 0.190 e. The Hall–Kier alpha value is -2.75. The molecular weight excluding hydrogens is 356 g/mol. The van der Waals surface area contributed by atoms with Crippen LogP contribution in [0.4, 0.5) is 0 Å². The Morgan fingerprint density at radius 1 is 1.17 bits per heavy atom. The fourth-order valence-corrected chi connectivity index (χ4v) is 3.55. The number of carbonyl (C=O) groups is 1. The van der Waals surface area contributed by atoms with E-state index in [-0.39, 0.29) is 5.78 Å². The van der Waals surface area contributed by atoms with E-state index in [1.165, 1.54) is 5.56 Å². The number of nitrogens with zero attached hydrogens (tertiary/aromatic N) is 1. The highest BCUT2D eigenvalue weighted by atomic mass is 16.1. The number of ketones is 1. The molecule has 0 saturated heterocycles. The molecule has 0 bridgehead atoms. The quantitative estimate of drug-likeness (QED) is 0.693. The third-order valence-corrected chi connectivity index (χ3v) is 4.96. The van der Waals surface area contributed by atoms with Crippen molar-refractivity contribution in [2.45, 2.75) is 31.8 Å². The van der Waals surface area contributed by atoms with Crippen LogP contribution in [0.1, 0.15) is 25.3 Å². The maximum atomic E-state index is 13.5. The van der Waals surface area contributed by atoms with Gasteiger partial charge in [0.1, 0.15) is 0 Å². The van der Waals surface area contributed by atoms with E-state index in [0.29, 0.717) is 12.1 Å². The van der Waals surface area contributed by atoms with Gasteiger partial charge in [0.15, 0.2) is 5.78 Å². The molecule has 150 valence electrons. The Bertz CT molecular complexity index is 911. The topological polar surface area (TPSA) is 46.3 Å². The second kappa shape index (κ2) is 9.64. The summed E-state index contributed by atoms with van der Waals surface area (Å²) >= 11 is 0. The number of benzene rings is 1. The number of hydrogen-bond acceptors (Lipinski definition) is 3. The van der Waals surface area contributed by atoms with Crippen molar-refractivity contribution in [3.05, 3.63) is 107 Å². The summed E-state index contributed by atoms with van der Waals surface area (Å²) in [5.41, 5.74) is 9.38. The SMILES string of the molecule is CN(C/C(=C/C1=CCCC=C1)C(=O)C1=CC(C)(N)C=CC=C1)Cc1ccccc1. The van der Waals surface area contributed by atoms with Crippen molar-refractivity contribution in [1.29, 1.82) is 0 Å². The molecule has 0 aliphatic heterocycles. The van der Waals surface area contributed by atoms with Gasteiger partial charge in [-0.3, -0.25) is 9.69 Å². The summed E-state index contributed by atoms with van der Waals surface area (Å²) in [6.45, 7) is 3.26. The molecule has 0 fully saturated rings. The predicted molar refractivity (Wildman–Crippen MR) is 121 cm³/mol. The van der Waals surface area contributed by atoms with Crippen LogP contribution in [0.3, 0.4) is 0 Å². The van der Waals surface area contributed by atoms with Crippen LogP contribution in [-0.4, -0.2) is 29.8 Å². The van der Waals surface area contributed by atoms with Gasteiger partial charge in [-0.25, -0.2) is 0 Å². The van der Waals surface area contributed by atoms with Gasteiger partial charge in [-0.2, -0.15) is 0 Å². The molecule has 2 aliphatic carbocycles. The van der Waals surface area contributed by atoms with Crippen molar-refractivity contribution in [1.82, 2.24) is 4.90 Å². The highest BCUT2D eigenvalue weighted by Gasteiger charge is 2.21. The van der Waals surface area contributed by atoms with Gasteiger partial charge in [-0.05, 0) is 50.1 Å². The van der Waals surface area contributed by atoms with E-state index in [9.17, 15) is 4.79 Å². The van der Waals surface area contributed by atoms with E-state index in [2.05, 4.69) is 35.3 Å². The van der Waals surface area contributed by atoms with E-state index >= 15 is 0 Å². The third kappa shape index (κ3) is 6.38. The fraction of sp³-hybridized carbons (Fsp3) is 0.269. The van der Waals surface area contributed by atoms with Crippen LogP contribution in [0.25, 0.3) is 0 Å². The zero-order chi connectivity index (χ0) is 20.7. The average molecular weight is 387 g/mol. The van der Waals surface area contributed by atoms with E-state index in [1.807, 2.05) is 68.6 Å². The van der Waals surface area contributed by atoms with Crippen molar-refractivity contribution in [2.24, 2.45) is 5.73 Å². The summed E-state index contributed by atoms with van der Waals surface area (Å²) in [5, 5.41) is 0. The van der Waals surface area contributed by atoms with Crippen LogP contribution in [0.5, 0.6) is 0 Å². The van der Waals surface area contributed by atoms with Gasteiger partial charge < -0.3 is 5.73 Å². The lowest BCUT2D eigenvalue weighted by atomic mass is 9.94. The van der Waals surface area contributed by atoms with Gasteiger partial charge in [-0.1, -0.05) is 72.9 Å². The number of likely N-dealkylation sites (N-methyl/N-ethyl adjacent to an activating group) is 1. The number of hydrogen-bond donors (Lipinski definition) is 1. The zero-order valence-corrected chi connectivity index (χ0v) is 17.3. The van der Waals surface area contributed by atoms with Gasteiger partial charge in [0.25, 0.3) is 0 Å². The lowest BCUT2D eigenvalue weighted by Gasteiger charge is -2.20. The maximum absolute atomic E-state index is 13.5. The summed E-state index contributed by atoms with van der Waals surface area (Å²) in [6, 6.07) is 10.3. The number of rotatable bonds is 7. The van der Waals surface area contributed by atoms with Crippen molar-refractivity contribution in [2.75, 3.05) is 13.6 Å². The van der Waals surface area contributed by atoms with Gasteiger partial charge in [0.05, 0.1) is 5.54 Å². The summed E-state index contributed by atoms with van der Waals surface area (Å²) in [6.07, 6.45) is 19.9. The van der Waals surface area contributed by atoms with E-state index in [4.69, 9.17) is 5.73 Å². The van der Waals surface area contributed by atoms with E-state index < -0.39 is 5.54 Å². The number of Topliss-reactive ketones (excluding diaryl/α,β-unsaturated/α-hetero) is 1. The van der Waals surface area contributed by atoms with Crippen molar-refractivity contribution >= 4 is 5.78 Å². The van der Waals surface area contributed by atoms with Crippen LogP contribution >= 0.6 is 0 Å². The van der Waals surface area contributed by atoms with Gasteiger partial charge >= 0.3 is 0 Å². The van der Waals surface area contributed by atoms with Crippen LogP contribution in [-0.2, 0) is 11.3 Å². The Balaban J connectivity index is 1.86. The molecule has 2 N–H and O–H groups in total. The minimum atomic E-state index is -0.639. The molecule has 0 radical (unpaired) electrons. The first kappa shape index (κ1) is 21.0. The maximum Gasteiger partial charge on any atom is 0.190 e. The standard InChI is InChI=1S/C26H30N2O/c1-26(27)16-10-9-15-23(18-26)25(29)24(17-21-11-5-3-6-12-21)20-28(2)19-22-13-7-4-8-14-22/h4-5,7-18H,3,6,19-20,27H2,1-2H3/b24-17-. The number of allylic oxidation sites excluding steroid dienone is 9. The first-order valence-electron chi connectivity index (χ1n) is 10.1. The second-order valence-corrected chi connectivity index (χ2v) is 8.02. The molecule has 2 aliphatic rings. The van der Waals surface area contributed by atoms with Gasteiger partial charge in [0, 0.05) is 24.2 Å². The Morgan fingerprint density at radius 2 is 1.97 bits per heavy atom. The molecule has 3 rings (SSSR count). The van der Waals surface area contributed by atoms with Crippen molar-refractivity contribution < 1.29 is 4.79 Å². The van der Waals surface area contributed by atoms with Crippen LogP contribution in [0.15, 0.2) is 102 Å². The predicted octanol–water partition coefficient (Wildman–Crippen LogP) is 4.66. The monoisotopic (exact) mass is 386 g/mol. The van der Waals surface area contributed by atoms with Gasteiger partial charge in [0.2, 0.25) is 0 Å². The molecule has 29 heavy (non-hydrogen) atoms. The normalized spacial score (nSPS) is 21.7. The molecule has 3 heteroatoms. The molecular formula is C26H30N2O. The second-order valence-electron chi connectivity index (χ2n) is 8.02. The molecule has 1 atom stereocenters. The Morgan fingerprint density at radius 3 is 2.69 bits per heavy atom.